The number of benzene rings is 2. The van der Waals surface area contributed by atoms with Gasteiger partial charge in [-0.25, -0.2) is 4.79 Å². The highest BCUT2D eigenvalue weighted by Gasteiger charge is 2.16. The molecule has 0 aliphatic carbocycles. The third-order valence-electron chi connectivity index (χ3n) is 2.82. The van der Waals surface area contributed by atoms with Gasteiger partial charge in [0.2, 0.25) is 0 Å². The van der Waals surface area contributed by atoms with E-state index in [2.05, 4.69) is 5.32 Å². The Balaban J connectivity index is 2.48. The highest BCUT2D eigenvalue weighted by atomic mass is 32.2. The maximum Gasteiger partial charge on any atom is 0.337 e. The van der Waals surface area contributed by atoms with E-state index in [4.69, 9.17) is 0 Å². The Bertz CT molecular complexity index is 703. The number of nitro groups is 1. The predicted octanol–water partition coefficient (Wildman–Crippen LogP) is 3.76. The lowest BCUT2D eigenvalue weighted by Gasteiger charge is -2.12. The minimum Gasteiger partial charge on any atom is -0.478 e. The Hall–Kier alpha value is -2.54. The van der Waals surface area contributed by atoms with Crippen LogP contribution in [0, 0.1) is 10.1 Å². The highest BCUT2D eigenvalue weighted by Crippen LogP contribution is 2.31. The van der Waals surface area contributed by atoms with Crippen molar-refractivity contribution in [3.05, 3.63) is 58.1 Å². The molecule has 0 amide bonds. The summed E-state index contributed by atoms with van der Waals surface area (Å²) in [6.45, 7) is 0. The SMILES string of the molecule is CSc1ccccc1Nc1cc([N+](=O)[O-])ccc1C(=O)O. The number of rotatable bonds is 5. The normalized spacial score (nSPS) is 10.1. The molecule has 0 fully saturated rings. The molecule has 0 bridgehead atoms. The van der Waals surface area contributed by atoms with Crippen LogP contribution in [0.3, 0.4) is 0 Å². The van der Waals surface area contributed by atoms with Crippen LogP contribution in [0.1, 0.15) is 10.4 Å². The number of para-hydroxylation sites is 1. The van der Waals surface area contributed by atoms with Gasteiger partial charge in [-0.05, 0) is 24.5 Å². The van der Waals surface area contributed by atoms with E-state index in [1.54, 1.807) is 12.1 Å². The van der Waals surface area contributed by atoms with Gasteiger partial charge in [0.15, 0.2) is 0 Å². The molecule has 0 spiro atoms. The van der Waals surface area contributed by atoms with Crippen LogP contribution in [-0.4, -0.2) is 22.3 Å². The topological polar surface area (TPSA) is 92.5 Å². The number of hydrogen-bond donors (Lipinski definition) is 2. The Morgan fingerprint density at radius 2 is 1.95 bits per heavy atom. The summed E-state index contributed by atoms with van der Waals surface area (Å²) in [5.41, 5.74) is 0.715. The zero-order valence-corrected chi connectivity index (χ0v) is 11.9. The summed E-state index contributed by atoms with van der Waals surface area (Å²) in [6.07, 6.45) is 1.89. The first-order valence-corrected chi connectivity index (χ1v) is 7.17. The van der Waals surface area contributed by atoms with Crippen LogP contribution in [0.2, 0.25) is 0 Å². The smallest absolute Gasteiger partial charge is 0.337 e. The highest BCUT2D eigenvalue weighted by molar-refractivity contribution is 7.98. The molecule has 0 radical (unpaired) electrons. The first-order chi connectivity index (χ1) is 10.0. The summed E-state index contributed by atoms with van der Waals surface area (Å²) in [5, 5.41) is 23.0. The first-order valence-electron chi connectivity index (χ1n) is 5.94. The summed E-state index contributed by atoms with van der Waals surface area (Å²) in [5.74, 6) is -1.14. The van der Waals surface area contributed by atoms with Crippen molar-refractivity contribution >= 4 is 34.8 Å². The molecule has 0 heterocycles. The minimum atomic E-state index is -1.14. The molecule has 2 N–H and O–H groups in total. The van der Waals surface area contributed by atoms with Crippen molar-refractivity contribution in [1.29, 1.82) is 0 Å². The lowest BCUT2D eigenvalue weighted by Crippen LogP contribution is -2.04. The van der Waals surface area contributed by atoms with Gasteiger partial charge in [0.05, 0.1) is 21.9 Å². The second-order valence-corrected chi connectivity index (χ2v) is 4.97. The lowest BCUT2D eigenvalue weighted by atomic mass is 10.1. The number of carboxylic acids is 1. The second kappa shape index (κ2) is 6.27. The van der Waals surface area contributed by atoms with Gasteiger partial charge in [-0.1, -0.05) is 12.1 Å². The van der Waals surface area contributed by atoms with Crippen LogP contribution in [0.15, 0.2) is 47.4 Å². The summed E-state index contributed by atoms with van der Waals surface area (Å²) in [7, 11) is 0. The van der Waals surface area contributed by atoms with Crippen molar-refractivity contribution in [2.24, 2.45) is 0 Å². The summed E-state index contributed by atoms with van der Waals surface area (Å²) in [4.78, 5) is 22.4. The minimum absolute atomic E-state index is 0.0171. The van der Waals surface area contributed by atoms with E-state index in [-0.39, 0.29) is 16.9 Å². The van der Waals surface area contributed by atoms with Gasteiger partial charge in [-0.3, -0.25) is 10.1 Å². The zero-order valence-electron chi connectivity index (χ0n) is 11.1. The van der Waals surface area contributed by atoms with E-state index >= 15 is 0 Å². The lowest BCUT2D eigenvalue weighted by molar-refractivity contribution is -0.384. The maximum absolute atomic E-state index is 11.2. The Morgan fingerprint density at radius 1 is 1.24 bits per heavy atom. The number of carbonyl (C=O) groups is 1. The van der Waals surface area contributed by atoms with Crippen LogP contribution in [0.5, 0.6) is 0 Å². The molecule has 0 aliphatic rings. The largest absolute Gasteiger partial charge is 0.478 e. The average Bonchev–Trinajstić information content (AvgIpc) is 2.47. The molecule has 0 atom stereocenters. The van der Waals surface area contributed by atoms with Crippen LogP contribution in [0.4, 0.5) is 17.1 Å². The van der Waals surface area contributed by atoms with Crippen molar-refractivity contribution < 1.29 is 14.8 Å². The van der Waals surface area contributed by atoms with Crippen molar-refractivity contribution in [3.8, 4) is 0 Å². The van der Waals surface area contributed by atoms with Gasteiger partial charge >= 0.3 is 5.97 Å². The van der Waals surface area contributed by atoms with Crippen LogP contribution >= 0.6 is 11.8 Å². The number of hydrogen-bond acceptors (Lipinski definition) is 5. The number of nitro benzene ring substituents is 1. The molecule has 7 heteroatoms. The van der Waals surface area contributed by atoms with Crippen molar-refractivity contribution in [2.45, 2.75) is 4.90 Å². The van der Waals surface area contributed by atoms with E-state index in [0.717, 1.165) is 4.90 Å². The third kappa shape index (κ3) is 3.32. The summed E-state index contributed by atoms with van der Waals surface area (Å²) in [6, 6.07) is 11.0. The molecule has 2 aromatic carbocycles. The molecule has 0 saturated heterocycles. The van der Waals surface area contributed by atoms with Crippen LogP contribution in [-0.2, 0) is 0 Å². The van der Waals surface area contributed by atoms with E-state index in [1.807, 2.05) is 18.4 Å². The molecule has 0 aliphatic heterocycles. The molecule has 2 aromatic rings. The molecule has 6 nitrogen and oxygen atoms in total. The number of carboxylic acid groups (broad SMARTS) is 1. The number of anilines is 2. The number of thioether (sulfide) groups is 1. The standard InChI is InChI=1S/C14H12N2O4S/c1-21-13-5-3-2-4-11(13)15-12-8-9(16(19)20)6-7-10(12)14(17)18/h2-8,15H,1H3,(H,17,18). The zero-order chi connectivity index (χ0) is 15.4. The van der Waals surface area contributed by atoms with E-state index in [1.165, 1.54) is 30.0 Å². The fraction of sp³-hybridized carbons (Fsp3) is 0.0714. The van der Waals surface area contributed by atoms with Gasteiger partial charge in [0, 0.05) is 17.0 Å². The molecule has 0 saturated carbocycles. The Morgan fingerprint density at radius 3 is 2.57 bits per heavy atom. The number of non-ortho nitro benzene ring substituents is 1. The molecule has 0 unspecified atom stereocenters. The van der Waals surface area contributed by atoms with Crippen LogP contribution < -0.4 is 5.32 Å². The van der Waals surface area contributed by atoms with Crippen molar-refractivity contribution in [2.75, 3.05) is 11.6 Å². The summed E-state index contributed by atoms with van der Waals surface area (Å²) >= 11 is 1.50. The van der Waals surface area contributed by atoms with Gasteiger partial charge in [-0.15, -0.1) is 11.8 Å². The molecule has 108 valence electrons. The van der Waals surface area contributed by atoms with Gasteiger partial charge in [0.25, 0.3) is 5.69 Å². The third-order valence-corrected chi connectivity index (χ3v) is 3.62. The second-order valence-electron chi connectivity index (χ2n) is 4.12. The van der Waals surface area contributed by atoms with E-state index in [9.17, 15) is 20.0 Å². The first kappa shape index (κ1) is 14.9. The molecular formula is C14H12N2O4S. The Labute approximate surface area is 125 Å². The van der Waals surface area contributed by atoms with E-state index in [0.29, 0.717) is 5.69 Å². The molecular weight excluding hydrogens is 292 g/mol. The van der Waals surface area contributed by atoms with Crippen molar-refractivity contribution in [3.63, 3.8) is 0 Å². The predicted molar refractivity (Wildman–Crippen MR) is 81.6 cm³/mol. The maximum atomic E-state index is 11.2. The summed E-state index contributed by atoms with van der Waals surface area (Å²) < 4.78 is 0. The monoisotopic (exact) mass is 304 g/mol. The van der Waals surface area contributed by atoms with Gasteiger partial charge < -0.3 is 10.4 Å². The molecule has 21 heavy (non-hydrogen) atoms. The molecule has 2 rings (SSSR count). The average molecular weight is 304 g/mol. The number of nitrogens with zero attached hydrogens (tertiary/aromatic N) is 1. The number of aromatic carboxylic acids is 1. The number of nitrogens with one attached hydrogen (secondary N) is 1. The Kier molecular flexibility index (Phi) is 4.44. The fourth-order valence-corrected chi connectivity index (χ4v) is 2.38. The van der Waals surface area contributed by atoms with Crippen molar-refractivity contribution in [1.82, 2.24) is 0 Å². The van der Waals surface area contributed by atoms with Crippen LogP contribution in [0.25, 0.3) is 0 Å². The molecule has 0 aromatic heterocycles. The quantitative estimate of drug-likeness (QED) is 0.496. The van der Waals surface area contributed by atoms with Gasteiger partial charge in [0.1, 0.15) is 0 Å². The fourth-order valence-electron chi connectivity index (χ4n) is 1.83. The van der Waals surface area contributed by atoms with E-state index < -0.39 is 10.9 Å². The van der Waals surface area contributed by atoms with Gasteiger partial charge in [-0.2, -0.15) is 0 Å².